The van der Waals surface area contributed by atoms with Gasteiger partial charge in [-0.15, -0.1) is 0 Å². The molecule has 0 fully saturated rings. The minimum absolute atomic E-state index is 0.0432. The van der Waals surface area contributed by atoms with Gasteiger partial charge in [0, 0.05) is 31.8 Å². The summed E-state index contributed by atoms with van der Waals surface area (Å²) in [4.78, 5) is 21.7. The summed E-state index contributed by atoms with van der Waals surface area (Å²) >= 11 is 0. The van der Waals surface area contributed by atoms with Gasteiger partial charge in [-0.2, -0.15) is 0 Å². The van der Waals surface area contributed by atoms with Crippen molar-refractivity contribution in [3.05, 3.63) is 24.4 Å². The molecule has 0 aromatic rings. The first-order valence-corrected chi connectivity index (χ1v) is 6.17. The molecular formula is C13H20N2O3. The highest BCUT2D eigenvalue weighted by atomic mass is 16.4. The van der Waals surface area contributed by atoms with Crippen LogP contribution in [0, 0.1) is 5.92 Å². The summed E-state index contributed by atoms with van der Waals surface area (Å²) in [7, 11) is 0. The van der Waals surface area contributed by atoms with Crippen LogP contribution >= 0.6 is 0 Å². The third-order valence-corrected chi connectivity index (χ3v) is 2.91. The Kier molecular flexibility index (Phi) is 5.97. The van der Waals surface area contributed by atoms with Crippen molar-refractivity contribution in [3.8, 4) is 0 Å². The third-order valence-electron chi connectivity index (χ3n) is 2.91. The second-order valence-electron chi connectivity index (χ2n) is 4.40. The van der Waals surface area contributed by atoms with Crippen LogP contribution in [0.3, 0.4) is 0 Å². The van der Waals surface area contributed by atoms with Crippen molar-refractivity contribution in [2.75, 3.05) is 13.1 Å². The lowest BCUT2D eigenvalue weighted by Crippen LogP contribution is -2.30. The molecular weight excluding hydrogens is 232 g/mol. The minimum atomic E-state index is -0.862. The smallest absolute Gasteiger partial charge is 0.303 e. The van der Waals surface area contributed by atoms with Gasteiger partial charge < -0.3 is 15.7 Å². The quantitative estimate of drug-likeness (QED) is 0.632. The fraction of sp³-hybridized carbons (Fsp3) is 0.538. The number of rotatable bonds is 7. The van der Waals surface area contributed by atoms with Gasteiger partial charge in [-0.1, -0.05) is 6.58 Å². The molecule has 0 aromatic carbocycles. The maximum Gasteiger partial charge on any atom is 0.303 e. The normalized spacial score (nSPS) is 18.2. The number of hydrogen-bond acceptors (Lipinski definition) is 3. The largest absolute Gasteiger partial charge is 0.481 e. The molecule has 5 nitrogen and oxygen atoms in total. The predicted octanol–water partition coefficient (Wildman–Crippen LogP) is 1.04. The maximum absolute atomic E-state index is 11.4. The number of carboxylic acid groups (broad SMARTS) is 1. The lowest BCUT2D eigenvalue weighted by molar-refractivity contribution is -0.137. The molecule has 3 N–H and O–H groups in total. The average molecular weight is 252 g/mol. The molecule has 1 aliphatic heterocycles. The van der Waals surface area contributed by atoms with E-state index < -0.39 is 5.97 Å². The van der Waals surface area contributed by atoms with E-state index in [1.165, 1.54) is 0 Å². The number of allylic oxidation sites excluding steroid dienone is 1. The molecule has 0 aromatic heterocycles. The zero-order chi connectivity index (χ0) is 13.4. The molecule has 0 bridgehead atoms. The van der Waals surface area contributed by atoms with E-state index >= 15 is 0 Å². The van der Waals surface area contributed by atoms with E-state index in [2.05, 4.69) is 17.2 Å². The Bertz CT molecular complexity index is 350. The Morgan fingerprint density at radius 3 is 2.94 bits per heavy atom. The molecule has 1 amide bonds. The Balaban J connectivity index is 2.10. The summed E-state index contributed by atoms with van der Waals surface area (Å²) in [5.74, 6) is -0.588. The highest BCUT2D eigenvalue weighted by Crippen LogP contribution is 2.16. The number of hydrogen-bond donors (Lipinski definition) is 3. The van der Waals surface area contributed by atoms with Crippen molar-refractivity contribution in [3.63, 3.8) is 0 Å². The lowest BCUT2D eigenvalue weighted by Gasteiger charge is -2.21. The van der Waals surface area contributed by atoms with Crippen LogP contribution in [0.15, 0.2) is 24.4 Å². The van der Waals surface area contributed by atoms with Gasteiger partial charge in [-0.05, 0) is 30.7 Å². The Hall–Kier alpha value is -1.78. The molecule has 0 saturated heterocycles. The van der Waals surface area contributed by atoms with Crippen molar-refractivity contribution in [2.24, 2.45) is 5.92 Å². The second-order valence-corrected chi connectivity index (χ2v) is 4.40. The van der Waals surface area contributed by atoms with Gasteiger partial charge in [0.2, 0.25) is 5.91 Å². The van der Waals surface area contributed by atoms with Crippen LogP contribution in [0.1, 0.15) is 25.7 Å². The molecule has 100 valence electrons. The van der Waals surface area contributed by atoms with E-state index in [9.17, 15) is 9.59 Å². The molecule has 1 heterocycles. The first-order chi connectivity index (χ1) is 8.59. The molecule has 1 unspecified atom stereocenters. The summed E-state index contributed by atoms with van der Waals surface area (Å²) in [5.41, 5.74) is 1.08. The SMILES string of the molecule is C=C1C=CNCC1CCNC(=O)CCCC(=O)O. The predicted molar refractivity (Wildman–Crippen MR) is 68.9 cm³/mol. The van der Waals surface area contributed by atoms with E-state index in [1.54, 1.807) is 0 Å². The van der Waals surface area contributed by atoms with Gasteiger partial charge in [0.1, 0.15) is 0 Å². The van der Waals surface area contributed by atoms with Gasteiger partial charge in [-0.25, -0.2) is 0 Å². The van der Waals surface area contributed by atoms with E-state index in [1.807, 2.05) is 12.3 Å². The highest BCUT2D eigenvalue weighted by Gasteiger charge is 2.13. The van der Waals surface area contributed by atoms with Crippen LogP contribution in [0.4, 0.5) is 0 Å². The molecule has 0 radical (unpaired) electrons. The average Bonchev–Trinajstić information content (AvgIpc) is 2.31. The standard InChI is InChI=1S/C13H20N2O3/c1-10-5-7-14-9-11(10)6-8-15-12(16)3-2-4-13(17)18/h5,7,11,14H,1-4,6,8-9H2,(H,15,16)(H,17,18). The fourth-order valence-electron chi connectivity index (χ4n) is 1.81. The van der Waals surface area contributed by atoms with Gasteiger partial charge in [0.15, 0.2) is 0 Å². The molecule has 5 heteroatoms. The van der Waals surface area contributed by atoms with Gasteiger partial charge in [0.05, 0.1) is 0 Å². The van der Waals surface area contributed by atoms with Crippen LogP contribution in [0.5, 0.6) is 0 Å². The number of nitrogens with one attached hydrogen (secondary N) is 2. The summed E-state index contributed by atoms with van der Waals surface area (Å²) in [6.07, 6.45) is 5.38. The van der Waals surface area contributed by atoms with Crippen molar-refractivity contribution >= 4 is 11.9 Å². The molecule has 1 atom stereocenters. The first kappa shape index (κ1) is 14.3. The summed E-state index contributed by atoms with van der Waals surface area (Å²) in [6.45, 7) is 5.41. The first-order valence-electron chi connectivity index (χ1n) is 6.17. The number of carboxylic acids is 1. The zero-order valence-electron chi connectivity index (χ0n) is 10.4. The van der Waals surface area contributed by atoms with E-state index in [0.29, 0.717) is 18.9 Å². The molecule has 0 aliphatic carbocycles. The number of amides is 1. The Labute approximate surface area is 107 Å². The van der Waals surface area contributed by atoms with Crippen LogP contribution < -0.4 is 10.6 Å². The molecule has 18 heavy (non-hydrogen) atoms. The van der Waals surface area contributed by atoms with Crippen molar-refractivity contribution in [1.82, 2.24) is 10.6 Å². The summed E-state index contributed by atoms with van der Waals surface area (Å²) < 4.78 is 0. The van der Waals surface area contributed by atoms with Crippen LogP contribution in [0.2, 0.25) is 0 Å². The van der Waals surface area contributed by atoms with Crippen LogP contribution in [0.25, 0.3) is 0 Å². The van der Waals surface area contributed by atoms with Gasteiger partial charge in [0.25, 0.3) is 0 Å². The van der Waals surface area contributed by atoms with E-state index in [-0.39, 0.29) is 18.7 Å². The van der Waals surface area contributed by atoms with Crippen molar-refractivity contribution < 1.29 is 14.7 Å². The number of carbonyl (C=O) groups excluding carboxylic acids is 1. The monoisotopic (exact) mass is 252 g/mol. The molecule has 1 aliphatic rings. The Morgan fingerprint density at radius 2 is 2.28 bits per heavy atom. The van der Waals surface area contributed by atoms with E-state index in [0.717, 1.165) is 18.5 Å². The fourth-order valence-corrected chi connectivity index (χ4v) is 1.81. The highest BCUT2D eigenvalue weighted by molar-refractivity contribution is 5.76. The number of aliphatic carboxylic acids is 1. The van der Waals surface area contributed by atoms with Crippen LogP contribution in [-0.4, -0.2) is 30.1 Å². The molecule has 0 saturated carbocycles. The van der Waals surface area contributed by atoms with Crippen LogP contribution in [-0.2, 0) is 9.59 Å². The zero-order valence-corrected chi connectivity index (χ0v) is 10.4. The maximum atomic E-state index is 11.4. The topological polar surface area (TPSA) is 78.4 Å². The Morgan fingerprint density at radius 1 is 1.50 bits per heavy atom. The van der Waals surface area contributed by atoms with Gasteiger partial charge >= 0.3 is 5.97 Å². The summed E-state index contributed by atoms with van der Waals surface area (Å²) in [6, 6.07) is 0. The minimum Gasteiger partial charge on any atom is -0.481 e. The molecule has 0 spiro atoms. The number of carbonyl (C=O) groups is 2. The van der Waals surface area contributed by atoms with Gasteiger partial charge in [-0.3, -0.25) is 9.59 Å². The third kappa shape index (κ3) is 5.52. The molecule has 1 rings (SSSR count). The second kappa shape index (κ2) is 7.53. The van der Waals surface area contributed by atoms with E-state index in [4.69, 9.17) is 5.11 Å². The lowest BCUT2D eigenvalue weighted by atomic mass is 9.95. The van der Waals surface area contributed by atoms with Crippen molar-refractivity contribution in [1.29, 1.82) is 0 Å². The summed E-state index contributed by atoms with van der Waals surface area (Å²) in [5, 5.41) is 14.4. The van der Waals surface area contributed by atoms with Crippen molar-refractivity contribution in [2.45, 2.75) is 25.7 Å².